The van der Waals surface area contributed by atoms with E-state index in [-0.39, 0.29) is 69.4 Å². The lowest BCUT2D eigenvalue weighted by atomic mass is 9.99. The maximum Gasteiger partial charge on any atom is 0.416 e. The molecule has 4 rings (SSSR count). The number of benzene rings is 2. The van der Waals surface area contributed by atoms with E-state index >= 15 is 0 Å². The van der Waals surface area contributed by atoms with Gasteiger partial charge in [-0.3, -0.25) is 14.6 Å². The average molecular weight is 738 g/mol. The summed E-state index contributed by atoms with van der Waals surface area (Å²) in [7, 11) is -8.17. The fourth-order valence-corrected chi connectivity index (χ4v) is 10.3. The summed E-state index contributed by atoms with van der Waals surface area (Å²) < 4.78 is 132. The maximum atomic E-state index is 13.7. The van der Waals surface area contributed by atoms with Gasteiger partial charge in [-0.15, -0.1) is 23.2 Å². The van der Waals surface area contributed by atoms with Crippen molar-refractivity contribution < 1.29 is 48.0 Å². The van der Waals surface area contributed by atoms with Gasteiger partial charge in [0.15, 0.2) is 25.5 Å². The first-order valence-corrected chi connectivity index (χ1v) is 18.5. The van der Waals surface area contributed by atoms with Crippen LogP contribution in [0.3, 0.4) is 0 Å². The molecule has 2 aromatic carbocycles. The number of ketones is 1. The summed E-state index contributed by atoms with van der Waals surface area (Å²) in [6.45, 7) is 0.549. The van der Waals surface area contributed by atoms with E-state index in [4.69, 9.17) is 23.2 Å². The molecule has 0 spiro atoms. The SMILES string of the molecule is O=C(C(CCl)N1CCC(S(=O)(=O)c2cccc(C(F)(F)F)c2)CC1)C(CCl)N1CCC(S(=O)(=O)c2cccc(C(F)(F)F)c2)CC1. The molecule has 2 aliphatic rings. The highest BCUT2D eigenvalue weighted by atomic mass is 35.5. The molecule has 0 bridgehead atoms. The number of hydrogen-bond acceptors (Lipinski definition) is 7. The molecule has 2 atom stereocenters. The predicted molar refractivity (Wildman–Crippen MR) is 160 cm³/mol. The van der Waals surface area contributed by atoms with Gasteiger partial charge in [0.25, 0.3) is 0 Å². The molecule has 2 aromatic rings. The molecule has 2 heterocycles. The third kappa shape index (κ3) is 8.03. The van der Waals surface area contributed by atoms with E-state index in [9.17, 15) is 48.0 Å². The van der Waals surface area contributed by atoms with E-state index in [1.165, 1.54) is 0 Å². The third-order valence-electron chi connectivity index (χ3n) is 8.64. The number of nitrogens with zero attached hydrogens (tertiary/aromatic N) is 2. The highest BCUT2D eigenvalue weighted by molar-refractivity contribution is 7.92. The van der Waals surface area contributed by atoms with Crippen LogP contribution in [0.5, 0.6) is 0 Å². The summed E-state index contributed by atoms with van der Waals surface area (Å²) in [6.07, 6.45) is -9.16. The highest BCUT2D eigenvalue weighted by Gasteiger charge is 2.41. The van der Waals surface area contributed by atoms with Crippen molar-refractivity contribution in [2.45, 2.75) is 70.4 Å². The number of carbonyl (C=O) groups excluding carboxylic acids is 1. The molecule has 0 aromatic heterocycles. The molecule has 2 fully saturated rings. The van der Waals surface area contributed by atoms with Gasteiger partial charge in [-0.25, -0.2) is 16.8 Å². The number of sulfone groups is 2. The van der Waals surface area contributed by atoms with E-state index in [0.29, 0.717) is 12.1 Å². The normalized spacial score (nSPS) is 20.0. The molecular weight excluding hydrogens is 705 g/mol. The number of halogens is 8. The Kier molecular flexibility index (Phi) is 11.5. The summed E-state index contributed by atoms with van der Waals surface area (Å²) in [5.41, 5.74) is -2.13. The van der Waals surface area contributed by atoms with Crippen LogP contribution >= 0.6 is 23.2 Å². The van der Waals surface area contributed by atoms with Crippen molar-refractivity contribution in [2.24, 2.45) is 0 Å². The quantitative estimate of drug-likeness (QED) is 0.229. The monoisotopic (exact) mass is 736 g/mol. The van der Waals surface area contributed by atoms with Crippen LogP contribution in [-0.2, 0) is 36.8 Å². The van der Waals surface area contributed by atoms with E-state index in [2.05, 4.69) is 0 Å². The van der Waals surface area contributed by atoms with Crippen LogP contribution in [0.2, 0.25) is 0 Å². The van der Waals surface area contributed by atoms with Gasteiger partial charge in [-0.1, -0.05) is 12.1 Å². The minimum atomic E-state index is -4.70. The Morgan fingerprint density at radius 3 is 1.28 bits per heavy atom. The van der Waals surface area contributed by atoms with Gasteiger partial charge >= 0.3 is 12.4 Å². The van der Waals surface area contributed by atoms with Gasteiger partial charge in [-0.05, 0) is 62.1 Å². The fourth-order valence-electron chi connectivity index (χ4n) is 6.01. The lowest BCUT2D eigenvalue weighted by Gasteiger charge is -2.40. The predicted octanol–water partition coefficient (Wildman–Crippen LogP) is 5.68. The standard InChI is InChI=1S/C29H32Cl2F6N2O5S2/c30-17-25(38-11-7-21(8-12-38)45(41,42)23-5-1-3-19(15-23)28(32,33)34)27(40)26(18-31)39-13-9-22(10-14-39)46(43,44)24-6-2-4-20(16-24)29(35,36)37/h1-6,15-16,21-22,25-26H,7-14,17-18H2. The number of rotatable bonds is 10. The van der Waals surface area contributed by atoms with Crippen molar-refractivity contribution in [1.82, 2.24) is 9.80 Å². The van der Waals surface area contributed by atoms with Gasteiger partial charge in [0.1, 0.15) is 0 Å². The van der Waals surface area contributed by atoms with Gasteiger partial charge < -0.3 is 0 Å². The van der Waals surface area contributed by atoms with Gasteiger partial charge in [0, 0.05) is 37.9 Å². The van der Waals surface area contributed by atoms with Gasteiger partial charge in [0.2, 0.25) is 0 Å². The van der Waals surface area contributed by atoms with Crippen LogP contribution in [0.1, 0.15) is 36.8 Å². The van der Waals surface area contributed by atoms with E-state index in [0.717, 1.165) is 36.4 Å². The largest absolute Gasteiger partial charge is 0.416 e. The fraction of sp³-hybridized carbons (Fsp3) is 0.552. The Balaban J connectivity index is 1.39. The third-order valence-corrected chi connectivity index (χ3v) is 13.7. The maximum absolute atomic E-state index is 13.7. The molecule has 0 amide bonds. The minimum absolute atomic E-state index is 0.0591. The number of alkyl halides is 8. The summed E-state index contributed by atoms with van der Waals surface area (Å²) in [6, 6.07) is 5.46. The van der Waals surface area contributed by atoms with Crippen molar-refractivity contribution in [2.75, 3.05) is 37.9 Å². The number of likely N-dealkylation sites (tertiary alicyclic amines) is 2. The molecule has 0 aliphatic carbocycles. The molecule has 2 aliphatic heterocycles. The molecule has 256 valence electrons. The van der Waals surface area contributed by atoms with Crippen molar-refractivity contribution in [3.63, 3.8) is 0 Å². The summed E-state index contributed by atoms with van der Waals surface area (Å²) in [5, 5.41) is -1.92. The highest BCUT2D eigenvalue weighted by Crippen LogP contribution is 2.35. The smallest absolute Gasteiger partial charge is 0.296 e. The first-order chi connectivity index (χ1) is 21.4. The number of hydrogen-bond donors (Lipinski definition) is 0. The lowest BCUT2D eigenvalue weighted by molar-refractivity contribution is -0.138. The van der Waals surface area contributed by atoms with Crippen LogP contribution in [0, 0.1) is 0 Å². The molecule has 2 unspecified atom stereocenters. The number of carbonyl (C=O) groups is 1. The van der Waals surface area contributed by atoms with Crippen molar-refractivity contribution in [3.05, 3.63) is 59.7 Å². The van der Waals surface area contributed by atoms with Crippen LogP contribution in [0.25, 0.3) is 0 Å². The lowest BCUT2D eigenvalue weighted by Crippen LogP contribution is -2.57. The van der Waals surface area contributed by atoms with E-state index in [1.54, 1.807) is 9.80 Å². The zero-order valence-corrected chi connectivity index (χ0v) is 27.4. The molecule has 0 radical (unpaired) electrons. The van der Waals surface area contributed by atoms with Gasteiger partial charge in [0.05, 0.1) is 43.5 Å². The summed E-state index contributed by atoms with van der Waals surface area (Å²) in [4.78, 5) is 16.3. The summed E-state index contributed by atoms with van der Waals surface area (Å²) in [5.74, 6) is -0.627. The molecule has 46 heavy (non-hydrogen) atoms. The second-order valence-corrected chi connectivity index (χ2v) is 16.4. The Morgan fingerprint density at radius 2 is 1.00 bits per heavy atom. The van der Waals surface area contributed by atoms with Crippen molar-refractivity contribution in [3.8, 4) is 0 Å². The molecule has 0 saturated carbocycles. The van der Waals surface area contributed by atoms with Crippen LogP contribution < -0.4 is 0 Å². The van der Waals surface area contributed by atoms with Crippen molar-refractivity contribution in [1.29, 1.82) is 0 Å². The Hall–Kier alpha value is -1.91. The first-order valence-electron chi connectivity index (χ1n) is 14.4. The van der Waals surface area contributed by atoms with Crippen LogP contribution in [-0.4, -0.2) is 92.9 Å². The Bertz CT molecular complexity index is 1490. The topological polar surface area (TPSA) is 91.8 Å². The average Bonchev–Trinajstić information content (AvgIpc) is 3.01. The van der Waals surface area contributed by atoms with Crippen molar-refractivity contribution >= 4 is 48.7 Å². The molecule has 0 N–H and O–H groups in total. The van der Waals surface area contributed by atoms with Gasteiger partial charge in [-0.2, -0.15) is 26.3 Å². The van der Waals surface area contributed by atoms with Crippen LogP contribution in [0.15, 0.2) is 58.3 Å². The summed E-state index contributed by atoms with van der Waals surface area (Å²) >= 11 is 12.4. The van der Waals surface area contributed by atoms with E-state index < -0.39 is 75.5 Å². The first kappa shape index (κ1) is 36.9. The second-order valence-electron chi connectivity index (χ2n) is 11.4. The zero-order valence-electron chi connectivity index (χ0n) is 24.3. The minimum Gasteiger partial charge on any atom is -0.296 e. The van der Waals surface area contributed by atoms with E-state index in [1.807, 2.05) is 0 Å². The molecule has 7 nitrogen and oxygen atoms in total. The molecule has 17 heteroatoms. The van der Waals surface area contributed by atoms with Crippen LogP contribution in [0.4, 0.5) is 26.3 Å². The second kappa shape index (κ2) is 14.3. The zero-order chi connectivity index (χ0) is 34.1. The number of piperidine rings is 2. The Labute approximate surface area is 273 Å². The number of Topliss-reactive ketones (excluding diaryl/α,β-unsaturated/α-hetero) is 1. The molecular formula is C29H32Cl2F6N2O5S2. The molecule has 2 saturated heterocycles. The Morgan fingerprint density at radius 1 is 0.674 bits per heavy atom.